The topological polar surface area (TPSA) is 37.8 Å². The van der Waals surface area contributed by atoms with Gasteiger partial charge in [0.2, 0.25) is 0 Å². The van der Waals surface area contributed by atoms with Gasteiger partial charge in [-0.3, -0.25) is 0 Å². The predicted molar refractivity (Wildman–Crippen MR) is 76.8 cm³/mol. The largest absolute Gasteiger partial charge is 0.306 e. The van der Waals surface area contributed by atoms with Crippen LogP contribution in [0.25, 0.3) is 0 Å². The Morgan fingerprint density at radius 1 is 1.11 bits per heavy atom. The van der Waals surface area contributed by atoms with Gasteiger partial charge < -0.3 is 5.32 Å². The smallest absolute Gasteiger partial charge is 0.131 e. The van der Waals surface area contributed by atoms with Crippen LogP contribution >= 0.6 is 11.3 Å². The van der Waals surface area contributed by atoms with Crippen LogP contribution in [-0.4, -0.2) is 15.7 Å². The lowest BCUT2D eigenvalue weighted by Gasteiger charge is -2.19. The molecule has 0 aliphatic heterocycles. The molecule has 1 aromatic rings. The Bertz CT molecular complexity index is 426. The summed E-state index contributed by atoms with van der Waals surface area (Å²) in [7, 11) is 0. The fourth-order valence-corrected chi connectivity index (χ4v) is 3.87. The molecule has 0 amide bonds. The first kappa shape index (κ1) is 13.9. The molecule has 1 saturated carbocycles. The van der Waals surface area contributed by atoms with Gasteiger partial charge in [0.1, 0.15) is 10.0 Å². The van der Waals surface area contributed by atoms with E-state index in [4.69, 9.17) is 0 Å². The lowest BCUT2D eigenvalue weighted by atomic mass is 10.0. The second-order valence-electron chi connectivity index (χ2n) is 7.51. The summed E-state index contributed by atoms with van der Waals surface area (Å²) in [6.45, 7) is 16.6. The van der Waals surface area contributed by atoms with Crippen LogP contribution in [0.5, 0.6) is 0 Å². The van der Waals surface area contributed by atoms with Gasteiger partial charge >= 0.3 is 0 Å². The average molecular weight is 267 g/mol. The van der Waals surface area contributed by atoms with Gasteiger partial charge in [-0.05, 0) is 31.6 Å². The van der Waals surface area contributed by atoms with E-state index in [1.807, 2.05) is 0 Å². The number of nitrogens with zero attached hydrogens (tertiary/aromatic N) is 2. The van der Waals surface area contributed by atoms with Crippen LogP contribution in [0.2, 0.25) is 0 Å². The minimum Gasteiger partial charge on any atom is -0.306 e. The maximum Gasteiger partial charge on any atom is 0.131 e. The Morgan fingerprint density at radius 2 is 1.67 bits per heavy atom. The SMILES string of the molecule is CC(C)(C)NCc1nnc(C2C(C)(C)C2(C)C)s1. The average Bonchev–Trinajstić information content (AvgIpc) is 2.56. The monoisotopic (exact) mass is 267 g/mol. The molecule has 0 saturated heterocycles. The zero-order valence-corrected chi connectivity index (χ0v) is 13.4. The molecule has 0 bridgehead atoms. The Labute approximate surface area is 114 Å². The van der Waals surface area contributed by atoms with Gasteiger partial charge in [0, 0.05) is 11.5 Å². The van der Waals surface area contributed by atoms with Gasteiger partial charge in [0.25, 0.3) is 0 Å². The first-order valence-corrected chi connectivity index (χ1v) is 7.45. The molecule has 1 aliphatic rings. The standard InChI is InChI=1S/C14H25N3S/c1-12(2,3)15-8-9-16-17-11(18-9)10-13(4,5)14(10,6)7/h10,15H,8H2,1-7H3. The Kier molecular flexibility index (Phi) is 3.10. The molecule has 1 fully saturated rings. The van der Waals surface area contributed by atoms with Crippen molar-refractivity contribution < 1.29 is 0 Å². The van der Waals surface area contributed by atoms with E-state index in [0.29, 0.717) is 16.7 Å². The second kappa shape index (κ2) is 4.01. The molecule has 0 radical (unpaired) electrons. The van der Waals surface area contributed by atoms with Crippen LogP contribution in [0.3, 0.4) is 0 Å². The van der Waals surface area contributed by atoms with Crippen LogP contribution in [0.15, 0.2) is 0 Å². The third kappa shape index (κ3) is 2.32. The van der Waals surface area contributed by atoms with E-state index < -0.39 is 0 Å². The van der Waals surface area contributed by atoms with Crippen LogP contribution in [0, 0.1) is 10.8 Å². The maximum atomic E-state index is 4.40. The fourth-order valence-electron chi connectivity index (χ4n) is 2.61. The molecule has 1 aliphatic carbocycles. The zero-order valence-electron chi connectivity index (χ0n) is 12.6. The number of hydrogen-bond acceptors (Lipinski definition) is 4. The summed E-state index contributed by atoms with van der Waals surface area (Å²) in [6, 6.07) is 0. The van der Waals surface area contributed by atoms with Crippen molar-refractivity contribution in [1.29, 1.82) is 0 Å². The first-order valence-electron chi connectivity index (χ1n) is 6.63. The Hall–Kier alpha value is -0.480. The third-order valence-corrected chi connectivity index (χ3v) is 5.51. The molecule has 0 aromatic carbocycles. The molecule has 2 rings (SSSR count). The van der Waals surface area contributed by atoms with E-state index in [2.05, 4.69) is 64.0 Å². The summed E-state index contributed by atoms with van der Waals surface area (Å²) in [5.74, 6) is 0.561. The number of nitrogens with one attached hydrogen (secondary N) is 1. The summed E-state index contributed by atoms with van der Waals surface area (Å²) in [5.41, 5.74) is 0.826. The minimum atomic E-state index is 0.129. The summed E-state index contributed by atoms with van der Waals surface area (Å²) < 4.78 is 0. The van der Waals surface area contributed by atoms with E-state index >= 15 is 0 Å². The molecular formula is C14H25N3S. The van der Waals surface area contributed by atoms with Crippen molar-refractivity contribution in [3.8, 4) is 0 Å². The highest BCUT2D eigenvalue weighted by molar-refractivity contribution is 7.11. The molecule has 0 spiro atoms. The summed E-state index contributed by atoms with van der Waals surface area (Å²) in [5, 5.41) is 14.5. The van der Waals surface area contributed by atoms with E-state index in [9.17, 15) is 0 Å². The molecule has 3 nitrogen and oxygen atoms in total. The summed E-state index contributed by atoms with van der Waals surface area (Å²) >= 11 is 1.76. The van der Waals surface area contributed by atoms with Gasteiger partial charge in [-0.15, -0.1) is 10.2 Å². The van der Waals surface area contributed by atoms with E-state index in [-0.39, 0.29) is 5.54 Å². The van der Waals surface area contributed by atoms with Gasteiger partial charge in [-0.1, -0.05) is 39.0 Å². The highest BCUT2D eigenvalue weighted by Gasteiger charge is 2.66. The van der Waals surface area contributed by atoms with Crippen molar-refractivity contribution >= 4 is 11.3 Å². The molecule has 1 aromatic heterocycles. The van der Waals surface area contributed by atoms with Crippen LogP contribution in [0.1, 0.15) is 64.4 Å². The van der Waals surface area contributed by atoms with Crippen LogP contribution < -0.4 is 5.32 Å². The van der Waals surface area contributed by atoms with Crippen LogP contribution in [-0.2, 0) is 6.54 Å². The summed E-state index contributed by atoms with van der Waals surface area (Å²) in [4.78, 5) is 0. The fraction of sp³-hybridized carbons (Fsp3) is 0.857. The van der Waals surface area contributed by atoms with Crippen molar-refractivity contribution in [2.75, 3.05) is 0 Å². The van der Waals surface area contributed by atoms with Gasteiger partial charge in [0.05, 0.1) is 6.54 Å². The zero-order chi connectivity index (χ0) is 13.8. The van der Waals surface area contributed by atoms with Crippen molar-refractivity contribution in [2.45, 2.75) is 66.5 Å². The summed E-state index contributed by atoms with van der Waals surface area (Å²) in [6.07, 6.45) is 0. The van der Waals surface area contributed by atoms with Crippen molar-refractivity contribution in [1.82, 2.24) is 15.5 Å². The maximum absolute atomic E-state index is 4.40. The van der Waals surface area contributed by atoms with Crippen molar-refractivity contribution in [2.24, 2.45) is 10.8 Å². The van der Waals surface area contributed by atoms with Crippen LogP contribution in [0.4, 0.5) is 0 Å². The molecule has 102 valence electrons. The lowest BCUT2D eigenvalue weighted by molar-refractivity contribution is 0.423. The van der Waals surface area contributed by atoms with Gasteiger partial charge in [-0.2, -0.15) is 0 Å². The quantitative estimate of drug-likeness (QED) is 0.909. The molecular weight excluding hydrogens is 242 g/mol. The first-order chi connectivity index (χ1) is 8.06. The third-order valence-electron chi connectivity index (χ3n) is 4.52. The van der Waals surface area contributed by atoms with E-state index in [1.165, 1.54) is 5.01 Å². The minimum absolute atomic E-state index is 0.129. The number of aromatic nitrogens is 2. The highest BCUT2D eigenvalue weighted by Crippen LogP contribution is 2.73. The lowest BCUT2D eigenvalue weighted by Crippen LogP contribution is -2.35. The molecule has 4 heteroatoms. The Balaban J connectivity index is 2.05. The predicted octanol–water partition coefficient (Wildman–Crippen LogP) is 3.58. The second-order valence-corrected chi connectivity index (χ2v) is 8.61. The number of hydrogen-bond donors (Lipinski definition) is 1. The molecule has 0 unspecified atom stereocenters. The van der Waals surface area contributed by atoms with Gasteiger partial charge in [0.15, 0.2) is 0 Å². The Morgan fingerprint density at radius 3 is 2.11 bits per heavy atom. The molecule has 1 heterocycles. The van der Waals surface area contributed by atoms with E-state index in [0.717, 1.165) is 11.6 Å². The normalized spacial score (nSPS) is 22.2. The van der Waals surface area contributed by atoms with E-state index in [1.54, 1.807) is 11.3 Å². The molecule has 18 heavy (non-hydrogen) atoms. The van der Waals surface area contributed by atoms with Gasteiger partial charge in [-0.25, -0.2) is 0 Å². The highest BCUT2D eigenvalue weighted by atomic mass is 32.1. The van der Waals surface area contributed by atoms with Crippen molar-refractivity contribution in [3.05, 3.63) is 10.0 Å². The molecule has 1 N–H and O–H groups in total. The van der Waals surface area contributed by atoms with Crippen molar-refractivity contribution in [3.63, 3.8) is 0 Å². The molecule has 0 atom stereocenters. The number of rotatable bonds is 3.